The summed E-state index contributed by atoms with van der Waals surface area (Å²) in [7, 11) is 0. The van der Waals surface area contributed by atoms with Crippen molar-refractivity contribution in [1.29, 1.82) is 0 Å². The predicted octanol–water partition coefficient (Wildman–Crippen LogP) is 5.55. The van der Waals surface area contributed by atoms with Gasteiger partial charge in [0, 0.05) is 30.1 Å². The number of nitrogens with one attached hydrogen (secondary N) is 3. The summed E-state index contributed by atoms with van der Waals surface area (Å²) in [6, 6.07) is 23.2. The van der Waals surface area contributed by atoms with E-state index in [2.05, 4.69) is 50.0 Å². The number of hydrogen-bond acceptors (Lipinski definition) is 6. The molecule has 0 radical (unpaired) electrons. The van der Waals surface area contributed by atoms with Gasteiger partial charge in [-0.15, -0.1) is 0 Å². The molecule has 7 heteroatoms. The number of aryl methyl sites for hydroxylation is 3. The average molecular weight is 439 g/mol. The van der Waals surface area contributed by atoms with E-state index in [1.807, 2.05) is 67.6 Å². The van der Waals surface area contributed by atoms with Gasteiger partial charge in [-0.3, -0.25) is 4.79 Å². The zero-order chi connectivity index (χ0) is 23.0. The molecule has 0 unspecified atom stereocenters. The van der Waals surface area contributed by atoms with Crippen LogP contribution in [0.3, 0.4) is 0 Å². The first kappa shape index (κ1) is 22.0. The summed E-state index contributed by atoms with van der Waals surface area (Å²) >= 11 is 0. The lowest BCUT2D eigenvalue weighted by Crippen LogP contribution is -2.12. The Morgan fingerprint density at radius 2 is 1.55 bits per heavy atom. The van der Waals surface area contributed by atoms with Crippen LogP contribution in [-0.2, 0) is 11.2 Å². The average Bonchev–Trinajstić information content (AvgIpc) is 2.79. The van der Waals surface area contributed by atoms with Crippen LogP contribution in [0.1, 0.15) is 23.4 Å². The minimum atomic E-state index is -0.00567. The van der Waals surface area contributed by atoms with Gasteiger partial charge in [-0.25, -0.2) is 15.0 Å². The first-order valence-electron chi connectivity index (χ1n) is 10.8. The van der Waals surface area contributed by atoms with Crippen molar-refractivity contribution in [2.24, 2.45) is 0 Å². The van der Waals surface area contributed by atoms with Crippen LogP contribution in [0.25, 0.3) is 0 Å². The topological polar surface area (TPSA) is 91.8 Å². The maximum Gasteiger partial charge on any atom is 0.224 e. The summed E-state index contributed by atoms with van der Waals surface area (Å²) in [5.74, 6) is 2.66. The first-order valence-corrected chi connectivity index (χ1v) is 10.8. The molecule has 0 atom stereocenters. The summed E-state index contributed by atoms with van der Waals surface area (Å²) in [6.07, 6.45) is 2.88. The molecule has 4 aromatic rings. The minimum Gasteiger partial charge on any atom is -0.340 e. The van der Waals surface area contributed by atoms with E-state index in [1.54, 1.807) is 6.20 Å². The Morgan fingerprint density at radius 1 is 0.788 bits per heavy atom. The van der Waals surface area contributed by atoms with E-state index in [9.17, 15) is 4.79 Å². The highest BCUT2D eigenvalue weighted by molar-refractivity contribution is 5.91. The highest BCUT2D eigenvalue weighted by Gasteiger charge is 2.06. The monoisotopic (exact) mass is 438 g/mol. The predicted molar refractivity (Wildman–Crippen MR) is 132 cm³/mol. The van der Waals surface area contributed by atoms with E-state index in [0.29, 0.717) is 29.7 Å². The van der Waals surface area contributed by atoms with Crippen LogP contribution in [0.15, 0.2) is 79.0 Å². The smallest absolute Gasteiger partial charge is 0.224 e. The van der Waals surface area contributed by atoms with Crippen LogP contribution in [0.2, 0.25) is 0 Å². The van der Waals surface area contributed by atoms with Gasteiger partial charge >= 0.3 is 0 Å². The van der Waals surface area contributed by atoms with Gasteiger partial charge in [-0.1, -0.05) is 35.9 Å². The van der Waals surface area contributed by atoms with Crippen molar-refractivity contribution in [2.45, 2.75) is 26.7 Å². The van der Waals surface area contributed by atoms with Gasteiger partial charge in [0.2, 0.25) is 5.91 Å². The number of amides is 1. The normalized spacial score (nSPS) is 10.5. The quantitative estimate of drug-likeness (QED) is 0.334. The molecular formula is C26H26N6O. The number of carbonyl (C=O) groups excluding carboxylic acids is 1. The Kier molecular flexibility index (Phi) is 6.90. The molecule has 2 aromatic carbocycles. The third-order valence-corrected chi connectivity index (χ3v) is 4.92. The number of pyridine rings is 1. The molecule has 2 heterocycles. The van der Waals surface area contributed by atoms with Gasteiger partial charge in [0.05, 0.1) is 0 Å². The lowest BCUT2D eigenvalue weighted by Gasteiger charge is -2.11. The van der Waals surface area contributed by atoms with Gasteiger partial charge in [0.25, 0.3) is 0 Å². The Bertz CT molecular complexity index is 1230. The lowest BCUT2D eigenvalue weighted by atomic mass is 10.1. The molecule has 0 aliphatic heterocycles. The highest BCUT2D eigenvalue weighted by atomic mass is 16.1. The van der Waals surface area contributed by atoms with E-state index in [-0.39, 0.29) is 5.91 Å². The molecule has 0 spiro atoms. The Hall–Kier alpha value is -4.26. The number of carbonyl (C=O) groups is 1. The molecule has 0 aliphatic rings. The number of anilines is 5. The van der Waals surface area contributed by atoms with Gasteiger partial charge < -0.3 is 16.0 Å². The van der Waals surface area contributed by atoms with Crippen LogP contribution in [-0.4, -0.2) is 20.9 Å². The Balaban J connectivity index is 1.34. The van der Waals surface area contributed by atoms with E-state index in [0.717, 1.165) is 17.8 Å². The van der Waals surface area contributed by atoms with Gasteiger partial charge in [-0.05, 0) is 62.2 Å². The second kappa shape index (κ2) is 10.4. The summed E-state index contributed by atoms with van der Waals surface area (Å²) in [5, 5.41) is 9.41. The third-order valence-electron chi connectivity index (χ3n) is 4.92. The second-order valence-electron chi connectivity index (χ2n) is 7.77. The molecule has 7 nitrogen and oxygen atoms in total. The zero-order valence-corrected chi connectivity index (χ0v) is 18.7. The van der Waals surface area contributed by atoms with Crippen LogP contribution >= 0.6 is 0 Å². The molecule has 0 fully saturated rings. The van der Waals surface area contributed by atoms with Crippen LogP contribution in [0, 0.1) is 13.8 Å². The zero-order valence-electron chi connectivity index (χ0n) is 18.7. The maximum absolute atomic E-state index is 12.3. The molecular weight excluding hydrogens is 412 g/mol. The highest BCUT2D eigenvalue weighted by Crippen LogP contribution is 2.21. The van der Waals surface area contributed by atoms with Crippen molar-refractivity contribution < 1.29 is 4.79 Å². The van der Waals surface area contributed by atoms with Crippen molar-refractivity contribution in [1.82, 2.24) is 15.0 Å². The van der Waals surface area contributed by atoms with E-state index in [1.165, 1.54) is 11.1 Å². The lowest BCUT2D eigenvalue weighted by molar-refractivity contribution is -0.116. The van der Waals surface area contributed by atoms with Crippen LogP contribution in [0.4, 0.5) is 28.8 Å². The number of nitrogens with zero attached hydrogens (tertiary/aromatic N) is 3. The van der Waals surface area contributed by atoms with Gasteiger partial charge in [0.15, 0.2) is 0 Å². The van der Waals surface area contributed by atoms with E-state index >= 15 is 0 Å². The number of rotatable bonds is 8. The second-order valence-corrected chi connectivity index (χ2v) is 7.77. The van der Waals surface area contributed by atoms with Crippen molar-refractivity contribution >= 4 is 34.7 Å². The molecule has 33 heavy (non-hydrogen) atoms. The van der Waals surface area contributed by atoms with E-state index < -0.39 is 0 Å². The number of hydrogen-bond donors (Lipinski definition) is 3. The summed E-state index contributed by atoms with van der Waals surface area (Å²) in [5.41, 5.74) is 3.98. The van der Waals surface area contributed by atoms with Crippen LogP contribution in [0.5, 0.6) is 0 Å². The van der Waals surface area contributed by atoms with Crippen molar-refractivity contribution in [3.8, 4) is 0 Å². The Labute approximate surface area is 193 Å². The fourth-order valence-electron chi connectivity index (χ4n) is 3.40. The fraction of sp³-hybridized carbons (Fsp3) is 0.154. The molecule has 166 valence electrons. The van der Waals surface area contributed by atoms with Gasteiger partial charge in [0.1, 0.15) is 23.3 Å². The largest absolute Gasteiger partial charge is 0.340 e. The maximum atomic E-state index is 12.3. The van der Waals surface area contributed by atoms with Gasteiger partial charge in [-0.2, -0.15) is 0 Å². The van der Waals surface area contributed by atoms with Crippen molar-refractivity contribution in [3.63, 3.8) is 0 Å². The first-order chi connectivity index (χ1) is 16.0. The molecule has 0 bridgehead atoms. The minimum absolute atomic E-state index is 0.00567. The molecule has 0 aliphatic carbocycles. The molecule has 0 saturated carbocycles. The molecule has 0 saturated heterocycles. The molecule has 4 rings (SSSR count). The number of aromatic nitrogens is 3. The molecule has 3 N–H and O–H groups in total. The van der Waals surface area contributed by atoms with Crippen LogP contribution < -0.4 is 16.0 Å². The fourth-order valence-corrected chi connectivity index (χ4v) is 3.40. The number of benzene rings is 2. The summed E-state index contributed by atoms with van der Waals surface area (Å²) < 4.78 is 0. The Morgan fingerprint density at radius 3 is 2.27 bits per heavy atom. The van der Waals surface area contributed by atoms with Crippen molar-refractivity contribution in [3.05, 3.63) is 95.9 Å². The summed E-state index contributed by atoms with van der Waals surface area (Å²) in [4.78, 5) is 25.4. The molecule has 2 aromatic heterocycles. The standard InChI is InChI=1S/C26H26N6O/c1-18-6-5-7-20(16-18)9-14-26(33)31-22-12-10-21(11-13-22)30-24-17-25(29-19(2)28-24)32-23-8-3-4-15-27-23/h3-8,10-13,15-17H,9,14H2,1-2H3,(H,31,33)(H2,27,28,29,30,32). The summed E-state index contributed by atoms with van der Waals surface area (Å²) in [6.45, 7) is 3.89. The van der Waals surface area contributed by atoms with Crippen molar-refractivity contribution in [2.75, 3.05) is 16.0 Å². The van der Waals surface area contributed by atoms with E-state index in [4.69, 9.17) is 0 Å². The third kappa shape index (κ3) is 6.61. The SMILES string of the molecule is Cc1cccc(CCC(=O)Nc2ccc(Nc3cc(Nc4ccccn4)nc(C)n3)cc2)c1. The molecule has 1 amide bonds.